The summed E-state index contributed by atoms with van der Waals surface area (Å²) in [5.41, 5.74) is 0.906. The van der Waals surface area contributed by atoms with Gasteiger partial charge in [0.05, 0.1) is 10.6 Å². The van der Waals surface area contributed by atoms with Crippen molar-refractivity contribution in [3.63, 3.8) is 0 Å². The third-order valence-corrected chi connectivity index (χ3v) is 5.76. The van der Waals surface area contributed by atoms with E-state index in [1.54, 1.807) is 6.07 Å². The fourth-order valence-corrected chi connectivity index (χ4v) is 5.29. The molecule has 1 spiro atoms. The molecule has 1 fully saturated rings. The van der Waals surface area contributed by atoms with Gasteiger partial charge in [-0.05, 0) is 31.6 Å². The molecule has 1 atom stereocenters. The number of likely N-dealkylation sites (tertiary alicyclic amines) is 1. The van der Waals surface area contributed by atoms with Gasteiger partial charge in [-0.3, -0.25) is 0 Å². The van der Waals surface area contributed by atoms with Crippen LogP contribution in [0.4, 0.5) is 0 Å². The summed E-state index contributed by atoms with van der Waals surface area (Å²) < 4.78 is 24.2. The number of sulfone groups is 1. The monoisotopic (exact) mass is 237 g/mol. The van der Waals surface area contributed by atoms with Gasteiger partial charge in [0.1, 0.15) is 0 Å². The van der Waals surface area contributed by atoms with E-state index in [0.29, 0.717) is 10.6 Å². The maximum atomic E-state index is 12.1. The van der Waals surface area contributed by atoms with Crippen LogP contribution in [0.3, 0.4) is 0 Å². The highest BCUT2D eigenvalue weighted by molar-refractivity contribution is 7.91. The van der Waals surface area contributed by atoms with E-state index in [0.717, 1.165) is 25.1 Å². The second kappa shape index (κ2) is 3.08. The fourth-order valence-electron chi connectivity index (χ4n) is 3.11. The standard InChI is InChI=1S/C12H15NO2S/c1-13-7-6-12(8-13)9-16(14,15)11-5-3-2-4-10(11)12/h2-5H,6-9H2,1H3. The lowest BCUT2D eigenvalue weighted by Gasteiger charge is -2.22. The van der Waals surface area contributed by atoms with Gasteiger partial charge in [0.15, 0.2) is 9.84 Å². The Balaban J connectivity index is 2.21. The Hall–Kier alpha value is -0.870. The fraction of sp³-hybridized carbons (Fsp3) is 0.500. The number of rotatable bonds is 0. The highest BCUT2D eigenvalue weighted by Crippen LogP contribution is 2.45. The van der Waals surface area contributed by atoms with E-state index in [4.69, 9.17) is 0 Å². The summed E-state index contributed by atoms with van der Waals surface area (Å²) in [5, 5.41) is 0. The molecule has 0 N–H and O–H groups in total. The molecule has 2 aliphatic heterocycles. The van der Waals surface area contributed by atoms with Crippen molar-refractivity contribution >= 4 is 9.84 Å². The van der Waals surface area contributed by atoms with Crippen LogP contribution in [-0.2, 0) is 15.3 Å². The summed E-state index contributed by atoms with van der Waals surface area (Å²) in [6.45, 7) is 1.85. The Kier molecular flexibility index (Phi) is 1.98. The molecule has 0 saturated carbocycles. The zero-order valence-corrected chi connectivity index (χ0v) is 10.1. The number of hydrogen-bond acceptors (Lipinski definition) is 3. The molecule has 3 rings (SSSR count). The van der Waals surface area contributed by atoms with Crippen molar-refractivity contribution in [1.29, 1.82) is 0 Å². The lowest BCUT2D eigenvalue weighted by molar-refractivity contribution is 0.383. The molecule has 2 heterocycles. The third kappa shape index (κ3) is 1.26. The van der Waals surface area contributed by atoms with Crippen LogP contribution in [0.2, 0.25) is 0 Å². The van der Waals surface area contributed by atoms with Gasteiger partial charge in [0, 0.05) is 12.0 Å². The van der Waals surface area contributed by atoms with Crippen molar-refractivity contribution in [3.05, 3.63) is 29.8 Å². The minimum atomic E-state index is -3.05. The number of nitrogens with zero attached hydrogens (tertiary/aromatic N) is 1. The minimum absolute atomic E-state index is 0.135. The zero-order chi connectivity index (χ0) is 11.4. The van der Waals surface area contributed by atoms with E-state index in [2.05, 4.69) is 11.9 Å². The van der Waals surface area contributed by atoms with Crippen molar-refractivity contribution in [2.45, 2.75) is 16.7 Å². The van der Waals surface area contributed by atoms with E-state index < -0.39 is 9.84 Å². The van der Waals surface area contributed by atoms with Gasteiger partial charge in [0.25, 0.3) is 0 Å². The molecular weight excluding hydrogens is 222 g/mol. The lowest BCUT2D eigenvalue weighted by atomic mass is 9.82. The van der Waals surface area contributed by atoms with Crippen LogP contribution in [0, 0.1) is 0 Å². The smallest absolute Gasteiger partial charge is 0.179 e. The molecule has 0 amide bonds. The van der Waals surface area contributed by atoms with Crippen LogP contribution in [0.25, 0.3) is 0 Å². The quantitative estimate of drug-likeness (QED) is 0.677. The largest absolute Gasteiger partial charge is 0.305 e. The molecule has 0 aromatic heterocycles. The van der Waals surface area contributed by atoms with Gasteiger partial charge in [-0.1, -0.05) is 18.2 Å². The molecule has 0 bridgehead atoms. The first-order chi connectivity index (χ1) is 7.54. The van der Waals surface area contributed by atoms with Gasteiger partial charge in [0.2, 0.25) is 0 Å². The van der Waals surface area contributed by atoms with Crippen LogP contribution in [-0.4, -0.2) is 39.2 Å². The maximum absolute atomic E-state index is 12.1. The molecule has 16 heavy (non-hydrogen) atoms. The highest BCUT2D eigenvalue weighted by Gasteiger charge is 2.49. The highest BCUT2D eigenvalue weighted by atomic mass is 32.2. The Bertz CT molecular complexity index is 538. The summed E-state index contributed by atoms with van der Waals surface area (Å²) in [5.74, 6) is 0.295. The molecule has 1 unspecified atom stereocenters. The van der Waals surface area contributed by atoms with Crippen molar-refractivity contribution in [1.82, 2.24) is 4.90 Å². The van der Waals surface area contributed by atoms with E-state index in [1.165, 1.54) is 0 Å². The number of likely N-dealkylation sites (N-methyl/N-ethyl adjacent to an activating group) is 1. The van der Waals surface area contributed by atoms with Crippen LogP contribution in [0.5, 0.6) is 0 Å². The predicted octanol–water partition coefficient (Wildman–Crippen LogP) is 1.05. The van der Waals surface area contributed by atoms with Gasteiger partial charge < -0.3 is 4.90 Å². The summed E-state index contributed by atoms with van der Waals surface area (Å²) in [6.07, 6.45) is 0.958. The van der Waals surface area contributed by atoms with E-state index in [9.17, 15) is 8.42 Å². The predicted molar refractivity (Wildman–Crippen MR) is 62.3 cm³/mol. The topological polar surface area (TPSA) is 37.4 Å². The minimum Gasteiger partial charge on any atom is -0.305 e. The molecule has 4 heteroatoms. The SMILES string of the molecule is CN1CCC2(C1)CS(=O)(=O)c1ccccc12. The normalized spacial score (nSPS) is 32.1. The Morgan fingerprint density at radius 2 is 2.06 bits per heavy atom. The number of benzene rings is 1. The van der Waals surface area contributed by atoms with Crippen molar-refractivity contribution < 1.29 is 8.42 Å². The first-order valence-corrected chi connectivity index (χ1v) is 7.20. The summed E-state index contributed by atoms with van der Waals surface area (Å²) in [7, 11) is -0.990. The van der Waals surface area contributed by atoms with E-state index >= 15 is 0 Å². The number of hydrogen-bond donors (Lipinski definition) is 0. The molecule has 1 aromatic rings. The summed E-state index contributed by atoms with van der Waals surface area (Å²) >= 11 is 0. The summed E-state index contributed by atoms with van der Waals surface area (Å²) in [6, 6.07) is 7.49. The lowest BCUT2D eigenvalue weighted by Crippen LogP contribution is -2.31. The van der Waals surface area contributed by atoms with Crippen LogP contribution < -0.4 is 0 Å². The molecule has 1 aromatic carbocycles. The van der Waals surface area contributed by atoms with Crippen molar-refractivity contribution in [2.24, 2.45) is 0 Å². The second-order valence-electron chi connectivity index (χ2n) is 5.02. The average Bonchev–Trinajstić information content (AvgIpc) is 2.69. The second-order valence-corrected chi connectivity index (χ2v) is 6.98. The van der Waals surface area contributed by atoms with Gasteiger partial charge in [-0.15, -0.1) is 0 Å². The molecule has 86 valence electrons. The molecule has 1 saturated heterocycles. The Labute approximate surface area is 96.0 Å². The van der Waals surface area contributed by atoms with Crippen LogP contribution >= 0.6 is 0 Å². The van der Waals surface area contributed by atoms with Crippen molar-refractivity contribution in [2.75, 3.05) is 25.9 Å². The van der Waals surface area contributed by atoms with Crippen molar-refractivity contribution in [3.8, 4) is 0 Å². The Morgan fingerprint density at radius 1 is 1.31 bits per heavy atom. The maximum Gasteiger partial charge on any atom is 0.179 e. The molecule has 0 radical (unpaired) electrons. The van der Waals surface area contributed by atoms with E-state index in [1.807, 2.05) is 18.2 Å². The molecule has 3 nitrogen and oxygen atoms in total. The number of fused-ring (bicyclic) bond motifs is 2. The van der Waals surface area contributed by atoms with Crippen LogP contribution in [0.1, 0.15) is 12.0 Å². The van der Waals surface area contributed by atoms with E-state index in [-0.39, 0.29) is 5.41 Å². The molecule has 2 aliphatic rings. The first kappa shape index (κ1) is 10.3. The zero-order valence-electron chi connectivity index (χ0n) is 9.31. The summed E-state index contributed by atoms with van der Waals surface area (Å²) in [4.78, 5) is 2.78. The average molecular weight is 237 g/mol. The molecular formula is C12H15NO2S. The molecule has 0 aliphatic carbocycles. The Morgan fingerprint density at radius 3 is 2.75 bits per heavy atom. The van der Waals surface area contributed by atoms with Gasteiger partial charge >= 0.3 is 0 Å². The van der Waals surface area contributed by atoms with Crippen LogP contribution in [0.15, 0.2) is 29.2 Å². The first-order valence-electron chi connectivity index (χ1n) is 5.54. The third-order valence-electron chi connectivity index (χ3n) is 3.80. The van der Waals surface area contributed by atoms with Gasteiger partial charge in [-0.25, -0.2) is 8.42 Å². The van der Waals surface area contributed by atoms with Gasteiger partial charge in [-0.2, -0.15) is 0 Å².